The smallest absolute Gasteiger partial charge is 0.335 e. The van der Waals surface area contributed by atoms with Gasteiger partial charge in [-0.1, -0.05) is 19.4 Å². The molecule has 0 saturated carbocycles. The second-order valence-corrected chi connectivity index (χ2v) is 4.92. The highest BCUT2D eigenvalue weighted by Gasteiger charge is 2.22. The van der Waals surface area contributed by atoms with Crippen molar-refractivity contribution in [2.45, 2.75) is 32.6 Å². The molecule has 1 fully saturated rings. The Balaban J connectivity index is 2.19. The lowest BCUT2D eigenvalue weighted by atomic mass is 10.2. The maximum atomic E-state index is 11.3. The van der Waals surface area contributed by atoms with Crippen LogP contribution in [0.3, 0.4) is 0 Å². The lowest BCUT2D eigenvalue weighted by molar-refractivity contribution is -0.385. The van der Waals surface area contributed by atoms with Gasteiger partial charge in [-0.25, -0.2) is 5.01 Å². The molecular formula is C14H21N3O3. The van der Waals surface area contributed by atoms with Crippen LogP contribution in [0.2, 0.25) is 0 Å². The summed E-state index contributed by atoms with van der Waals surface area (Å²) in [5.74, 6) is 0.332. The van der Waals surface area contributed by atoms with Gasteiger partial charge in [-0.15, -0.1) is 0 Å². The van der Waals surface area contributed by atoms with Gasteiger partial charge in [0.15, 0.2) is 5.75 Å². The molecule has 0 radical (unpaired) electrons. The molecule has 0 aliphatic carbocycles. The van der Waals surface area contributed by atoms with Crippen molar-refractivity contribution in [1.82, 2.24) is 5.01 Å². The molecule has 110 valence electrons. The first-order chi connectivity index (χ1) is 9.72. The SMILES string of the molecule is CCCOc1cccc(NN2CCCCC2)c1[N+](=O)[O-]. The molecule has 6 nitrogen and oxygen atoms in total. The number of rotatable bonds is 6. The summed E-state index contributed by atoms with van der Waals surface area (Å²) < 4.78 is 5.48. The van der Waals surface area contributed by atoms with Crippen molar-refractivity contribution in [2.75, 3.05) is 25.1 Å². The molecule has 1 aromatic rings. The molecule has 1 aliphatic heterocycles. The Labute approximate surface area is 118 Å². The average molecular weight is 279 g/mol. The average Bonchev–Trinajstić information content (AvgIpc) is 2.46. The number of nitrogens with one attached hydrogen (secondary N) is 1. The molecule has 2 rings (SSSR count). The second-order valence-electron chi connectivity index (χ2n) is 4.92. The summed E-state index contributed by atoms with van der Waals surface area (Å²) in [6.07, 6.45) is 4.28. The monoisotopic (exact) mass is 279 g/mol. The highest BCUT2D eigenvalue weighted by Crippen LogP contribution is 2.35. The van der Waals surface area contributed by atoms with E-state index in [-0.39, 0.29) is 10.6 Å². The lowest BCUT2D eigenvalue weighted by Gasteiger charge is -2.27. The molecule has 0 unspecified atom stereocenters. The van der Waals surface area contributed by atoms with E-state index in [0.717, 1.165) is 32.4 Å². The summed E-state index contributed by atoms with van der Waals surface area (Å²) in [5, 5.41) is 13.4. The van der Waals surface area contributed by atoms with Crippen LogP contribution in [0.5, 0.6) is 5.75 Å². The first-order valence-electron chi connectivity index (χ1n) is 7.14. The van der Waals surface area contributed by atoms with Gasteiger partial charge in [0.25, 0.3) is 0 Å². The number of ether oxygens (including phenoxy) is 1. The van der Waals surface area contributed by atoms with Crippen molar-refractivity contribution in [2.24, 2.45) is 0 Å². The van der Waals surface area contributed by atoms with Crippen LogP contribution in [0, 0.1) is 10.1 Å². The van der Waals surface area contributed by atoms with Gasteiger partial charge in [0.2, 0.25) is 0 Å². The third-order valence-electron chi connectivity index (χ3n) is 3.28. The van der Waals surface area contributed by atoms with Crippen LogP contribution in [-0.2, 0) is 0 Å². The van der Waals surface area contributed by atoms with Crippen LogP contribution in [0.15, 0.2) is 18.2 Å². The molecule has 1 saturated heterocycles. The van der Waals surface area contributed by atoms with Crippen LogP contribution in [-0.4, -0.2) is 29.6 Å². The van der Waals surface area contributed by atoms with Gasteiger partial charge < -0.3 is 10.2 Å². The van der Waals surface area contributed by atoms with E-state index >= 15 is 0 Å². The summed E-state index contributed by atoms with van der Waals surface area (Å²) in [6.45, 7) is 4.28. The van der Waals surface area contributed by atoms with E-state index in [0.29, 0.717) is 18.0 Å². The number of nitro benzene ring substituents is 1. The molecule has 0 spiro atoms. The standard InChI is InChI=1S/C14H21N3O3/c1-2-11-20-13-8-6-7-12(14(13)17(18)19)15-16-9-4-3-5-10-16/h6-8,15H,2-5,9-11H2,1H3. The van der Waals surface area contributed by atoms with Gasteiger partial charge >= 0.3 is 5.69 Å². The number of hydrazine groups is 1. The number of benzene rings is 1. The van der Waals surface area contributed by atoms with Gasteiger partial charge in [0, 0.05) is 13.1 Å². The van der Waals surface area contributed by atoms with Crippen molar-refractivity contribution >= 4 is 11.4 Å². The molecular weight excluding hydrogens is 258 g/mol. The zero-order valence-corrected chi connectivity index (χ0v) is 11.8. The second kappa shape index (κ2) is 7.09. The molecule has 0 bridgehead atoms. The summed E-state index contributed by atoms with van der Waals surface area (Å²) in [5.41, 5.74) is 3.68. The predicted molar refractivity (Wildman–Crippen MR) is 77.9 cm³/mol. The van der Waals surface area contributed by atoms with Gasteiger partial charge in [-0.05, 0) is 31.4 Å². The number of anilines is 1. The van der Waals surface area contributed by atoms with Crippen molar-refractivity contribution in [3.8, 4) is 5.75 Å². The third-order valence-corrected chi connectivity index (χ3v) is 3.28. The normalized spacial score (nSPS) is 15.8. The lowest BCUT2D eigenvalue weighted by Crippen LogP contribution is -2.35. The van der Waals surface area contributed by atoms with E-state index in [4.69, 9.17) is 4.74 Å². The number of para-hydroxylation sites is 1. The summed E-state index contributed by atoms with van der Waals surface area (Å²) in [7, 11) is 0. The van der Waals surface area contributed by atoms with Crippen molar-refractivity contribution in [3.63, 3.8) is 0 Å². The number of hydrogen-bond donors (Lipinski definition) is 1. The Morgan fingerprint density at radius 3 is 2.75 bits per heavy atom. The molecule has 0 atom stereocenters. The van der Waals surface area contributed by atoms with Crippen LogP contribution in [0.25, 0.3) is 0 Å². The molecule has 1 aliphatic rings. The molecule has 1 heterocycles. The van der Waals surface area contributed by atoms with Crippen molar-refractivity contribution < 1.29 is 9.66 Å². The van der Waals surface area contributed by atoms with E-state index in [2.05, 4.69) is 5.43 Å². The number of piperidine rings is 1. The molecule has 20 heavy (non-hydrogen) atoms. The van der Waals surface area contributed by atoms with Crippen LogP contribution >= 0.6 is 0 Å². The zero-order valence-electron chi connectivity index (χ0n) is 11.8. The summed E-state index contributed by atoms with van der Waals surface area (Å²) >= 11 is 0. The molecule has 0 amide bonds. The quantitative estimate of drug-likeness (QED) is 0.639. The van der Waals surface area contributed by atoms with Crippen LogP contribution < -0.4 is 10.2 Å². The summed E-state index contributed by atoms with van der Waals surface area (Å²) in [6, 6.07) is 5.16. The number of nitro groups is 1. The predicted octanol–water partition coefficient (Wildman–Crippen LogP) is 3.20. The summed E-state index contributed by atoms with van der Waals surface area (Å²) in [4.78, 5) is 10.9. The Morgan fingerprint density at radius 2 is 2.10 bits per heavy atom. The Hall–Kier alpha value is -1.82. The van der Waals surface area contributed by atoms with E-state index in [9.17, 15) is 10.1 Å². The topological polar surface area (TPSA) is 67.6 Å². The molecule has 0 aromatic heterocycles. The fourth-order valence-electron chi connectivity index (χ4n) is 2.31. The maximum Gasteiger partial charge on any atom is 0.335 e. The van der Waals surface area contributed by atoms with E-state index in [1.165, 1.54) is 6.42 Å². The highest BCUT2D eigenvalue weighted by molar-refractivity contribution is 5.68. The van der Waals surface area contributed by atoms with Crippen molar-refractivity contribution in [1.29, 1.82) is 0 Å². The van der Waals surface area contributed by atoms with Gasteiger partial charge in [0.05, 0.1) is 11.5 Å². The number of nitrogens with zero attached hydrogens (tertiary/aromatic N) is 2. The Bertz CT molecular complexity index is 459. The Kier molecular flexibility index (Phi) is 5.17. The van der Waals surface area contributed by atoms with Gasteiger partial charge in [-0.3, -0.25) is 10.1 Å². The fraction of sp³-hybridized carbons (Fsp3) is 0.571. The van der Waals surface area contributed by atoms with Crippen LogP contribution in [0.4, 0.5) is 11.4 Å². The first-order valence-corrected chi connectivity index (χ1v) is 7.14. The van der Waals surface area contributed by atoms with Gasteiger partial charge in [0.1, 0.15) is 5.69 Å². The largest absolute Gasteiger partial charge is 0.487 e. The maximum absolute atomic E-state index is 11.3. The molecule has 1 N–H and O–H groups in total. The minimum absolute atomic E-state index is 0.0199. The van der Waals surface area contributed by atoms with Crippen LogP contribution in [0.1, 0.15) is 32.6 Å². The van der Waals surface area contributed by atoms with E-state index in [1.54, 1.807) is 18.2 Å². The minimum atomic E-state index is -0.378. The van der Waals surface area contributed by atoms with E-state index in [1.807, 2.05) is 11.9 Å². The van der Waals surface area contributed by atoms with E-state index < -0.39 is 0 Å². The number of hydrogen-bond acceptors (Lipinski definition) is 5. The molecule has 6 heteroatoms. The van der Waals surface area contributed by atoms with Gasteiger partial charge in [-0.2, -0.15) is 0 Å². The highest BCUT2D eigenvalue weighted by atomic mass is 16.6. The minimum Gasteiger partial charge on any atom is -0.487 e. The first kappa shape index (κ1) is 14.6. The third kappa shape index (κ3) is 3.60. The molecule has 1 aromatic carbocycles. The fourth-order valence-corrected chi connectivity index (χ4v) is 2.31. The Morgan fingerprint density at radius 1 is 1.35 bits per heavy atom. The zero-order chi connectivity index (χ0) is 14.4. The van der Waals surface area contributed by atoms with Crippen molar-refractivity contribution in [3.05, 3.63) is 28.3 Å².